The first-order valence-electron chi connectivity index (χ1n) is 7.14. The molecule has 1 aromatic heterocycles. The molecule has 3 rings (SSSR count). The molecule has 1 atom stereocenters. The van der Waals surface area contributed by atoms with E-state index in [9.17, 15) is 22.8 Å². The predicted octanol–water partition coefficient (Wildman–Crippen LogP) is 0.955. The number of imide groups is 1. The van der Waals surface area contributed by atoms with Crippen LogP contribution >= 0.6 is 11.3 Å². The number of thiazole rings is 1. The molecule has 6 nitrogen and oxygen atoms in total. The van der Waals surface area contributed by atoms with E-state index in [1.54, 1.807) is 11.1 Å². The quantitative estimate of drug-likeness (QED) is 0.762. The van der Waals surface area contributed by atoms with Gasteiger partial charge in [0, 0.05) is 37.8 Å². The Bertz CT molecular complexity index is 585. The molecule has 2 fully saturated rings. The number of carbonyl (C=O) groups excluding carboxylic acids is 2. The van der Waals surface area contributed by atoms with Gasteiger partial charge in [-0.1, -0.05) is 0 Å². The number of piperazine rings is 1. The molecule has 23 heavy (non-hydrogen) atoms. The first-order valence-corrected chi connectivity index (χ1v) is 8.02. The van der Waals surface area contributed by atoms with E-state index in [0.29, 0.717) is 31.1 Å². The SMILES string of the molecule is O=C1CC(N2CCN(c3nccs3)CC2)C(=O)N1CC(F)(F)F. The van der Waals surface area contributed by atoms with Gasteiger partial charge in [-0.25, -0.2) is 4.98 Å². The zero-order valence-electron chi connectivity index (χ0n) is 12.1. The predicted molar refractivity (Wildman–Crippen MR) is 77.1 cm³/mol. The van der Waals surface area contributed by atoms with Crippen LogP contribution in [0.2, 0.25) is 0 Å². The summed E-state index contributed by atoms with van der Waals surface area (Å²) in [6.45, 7) is 0.794. The second-order valence-corrected chi connectivity index (χ2v) is 6.36. The number of aromatic nitrogens is 1. The summed E-state index contributed by atoms with van der Waals surface area (Å²) in [6, 6.07) is -0.775. The van der Waals surface area contributed by atoms with Crippen molar-refractivity contribution in [3.05, 3.63) is 11.6 Å². The van der Waals surface area contributed by atoms with Crippen molar-refractivity contribution in [2.24, 2.45) is 0 Å². The van der Waals surface area contributed by atoms with Crippen molar-refractivity contribution < 1.29 is 22.8 Å². The number of carbonyl (C=O) groups is 2. The Morgan fingerprint density at radius 3 is 2.48 bits per heavy atom. The lowest BCUT2D eigenvalue weighted by atomic mass is 10.2. The molecule has 10 heteroatoms. The Balaban J connectivity index is 1.61. The molecule has 0 radical (unpaired) electrons. The highest BCUT2D eigenvalue weighted by molar-refractivity contribution is 7.13. The third kappa shape index (κ3) is 3.47. The summed E-state index contributed by atoms with van der Waals surface area (Å²) >= 11 is 1.51. The highest BCUT2D eigenvalue weighted by Crippen LogP contribution is 2.26. The van der Waals surface area contributed by atoms with Crippen molar-refractivity contribution in [3.63, 3.8) is 0 Å². The number of anilines is 1. The maximum atomic E-state index is 12.5. The molecule has 0 N–H and O–H groups in total. The molecule has 1 unspecified atom stereocenters. The molecule has 0 aliphatic carbocycles. The third-order valence-corrected chi connectivity index (χ3v) is 4.83. The number of alkyl halides is 3. The van der Waals surface area contributed by atoms with Crippen LogP contribution < -0.4 is 4.90 Å². The maximum Gasteiger partial charge on any atom is 0.406 e. The van der Waals surface area contributed by atoms with Crippen LogP contribution in [0.3, 0.4) is 0 Å². The van der Waals surface area contributed by atoms with Gasteiger partial charge < -0.3 is 4.90 Å². The van der Waals surface area contributed by atoms with E-state index in [1.807, 2.05) is 5.38 Å². The molecule has 2 aliphatic rings. The first-order chi connectivity index (χ1) is 10.8. The minimum Gasteiger partial charge on any atom is -0.346 e. The number of rotatable bonds is 3. The Kier molecular flexibility index (Phi) is 4.28. The Morgan fingerprint density at radius 2 is 1.91 bits per heavy atom. The fraction of sp³-hybridized carbons (Fsp3) is 0.615. The van der Waals surface area contributed by atoms with Gasteiger partial charge in [-0.3, -0.25) is 19.4 Å². The molecule has 2 aliphatic heterocycles. The van der Waals surface area contributed by atoms with Crippen molar-refractivity contribution in [1.82, 2.24) is 14.8 Å². The average Bonchev–Trinajstić information content (AvgIpc) is 3.10. The zero-order valence-corrected chi connectivity index (χ0v) is 12.9. The minimum atomic E-state index is -4.57. The molecule has 0 spiro atoms. The Hall–Kier alpha value is -1.68. The first kappa shape index (κ1) is 16.2. The van der Waals surface area contributed by atoms with Crippen LogP contribution in [0.15, 0.2) is 11.6 Å². The second-order valence-electron chi connectivity index (χ2n) is 5.49. The van der Waals surface area contributed by atoms with Gasteiger partial charge in [0.05, 0.1) is 12.5 Å². The van der Waals surface area contributed by atoms with Gasteiger partial charge in [-0.2, -0.15) is 13.2 Å². The molecule has 0 bridgehead atoms. The van der Waals surface area contributed by atoms with E-state index in [0.717, 1.165) is 5.13 Å². The van der Waals surface area contributed by atoms with E-state index >= 15 is 0 Å². The van der Waals surface area contributed by atoms with Crippen LogP contribution in [-0.2, 0) is 9.59 Å². The summed E-state index contributed by atoms with van der Waals surface area (Å²) in [7, 11) is 0. The molecule has 2 amide bonds. The molecule has 1 aromatic rings. The number of hydrogen-bond acceptors (Lipinski definition) is 6. The number of likely N-dealkylation sites (tertiary alicyclic amines) is 1. The summed E-state index contributed by atoms with van der Waals surface area (Å²) < 4.78 is 37.4. The minimum absolute atomic E-state index is 0.174. The summed E-state index contributed by atoms with van der Waals surface area (Å²) in [6.07, 6.45) is -3.03. The van der Waals surface area contributed by atoms with Crippen LogP contribution in [0.1, 0.15) is 6.42 Å². The van der Waals surface area contributed by atoms with Crippen molar-refractivity contribution in [2.75, 3.05) is 37.6 Å². The van der Waals surface area contributed by atoms with Crippen molar-refractivity contribution in [1.29, 1.82) is 0 Å². The Labute approximate surface area is 134 Å². The third-order valence-electron chi connectivity index (χ3n) is 4.00. The zero-order chi connectivity index (χ0) is 16.6. The highest BCUT2D eigenvalue weighted by atomic mass is 32.1. The second kappa shape index (κ2) is 6.08. The molecule has 126 valence electrons. The summed E-state index contributed by atoms with van der Waals surface area (Å²) in [4.78, 5) is 32.3. The molecule has 0 saturated carbocycles. The van der Waals surface area contributed by atoms with Gasteiger partial charge in [0.2, 0.25) is 11.8 Å². The molecule has 2 saturated heterocycles. The van der Waals surface area contributed by atoms with E-state index in [2.05, 4.69) is 9.88 Å². The largest absolute Gasteiger partial charge is 0.406 e. The number of hydrogen-bond donors (Lipinski definition) is 0. The van der Waals surface area contributed by atoms with Crippen molar-refractivity contribution in [3.8, 4) is 0 Å². The smallest absolute Gasteiger partial charge is 0.346 e. The number of amides is 2. The van der Waals surface area contributed by atoms with Gasteiger partial charge in [-0.05, 0) is 0 Å². The standard InChI is InChI=1S/C13H15F3N4O2S/c14-13(15,16)8-20-10(21)7-9(11(20)22)18-2-4-19(5-3-18)12-17-1-6-23-12/h1,6,9H,2-5,7-8H2. The van der Waals surface area contributed by atoms with E-state index in [4.69, 9.17) is 0 Å². The maximum absolute atomic E-state index is 12.5. The fourth-order valence-corrected chi connectivity index (χ4v) is 3.59. The van der Waals surface area contributed by atoms with E-state index < -0.39 is 30.6 Å². The van der Waals surface area contributed by atoms with Gasteiger partial charge >= 0.3 is 6.18 Å². The highest BCUT2D eigenvalue weighted by Gasteiger charge is 2.46. The van der Waals surface area contributed by atoms with Gasteiger partial charge in [0.1, 0.15) is 6.54 Å². The molecule has 3 heterocycles. The topological polar surface area (TPSA) is 56.8 Å². The lowest BCUT2D eigenvalue weighted by molar-refractivity contribution is -0.166. The summed E-state index contributed by atoms with van der Waals surface area (Å²) in [5, 5.41) is 2.76. The molecule has 0 aromatic carbocycles. The van der Waals surface area contributed by atoms with E-state index in [-0.39, 0.29) is 6.42 Å². The van der Waals surface area contributed by atoms with Crippen molar-refractivity contribution in [2.45, 2.75) is 18.6 Å². The number of halogens is 3. The summed E-state index contributed by atoms with van der Waals surface area (Å²) in [5.41, 5.74) is 0. The lowest BCUT2D eigenvalue weighted by Crippen LogP contribution is -2.53. The fourth-order valence-electron chi connectivity index (χ4n) is 2.89. The monoisotopic (exact) mass is 348 g/mol. The van der Waals surface area contributed by atoms with E-state index in [1.165, 1.54) is 11.3 Å². The Morgan fingerprint density at radius 1 is 1.22 bits per heavy atom. The van der Waals surface area contributed by atoms with Gasteiger partial charge in [-0.15, -0.1) is 11.3 Å². The van der Waals surface area contributed by atoms with Crippen LogP contribution in [-0.4, -0.2) is 71.5 Å². The van der Waals surface area contributed by atoms with Crippen molar-refractivity contribution >= 4 is 28.3 Å². The van der Waals surface area contributed by atoms with Crippen LogP contribution in [0, 0.1) is 0 Å². The number of nitrogens with zero attached hydrogens (tertiary/aromatic N) is 4. The molecular formula is C13H15F3N4O2S. The summed E-state index contributed by atoms with van der Waals surface area (Å²) in [5.74, 6) is -1.49. The van der Waals surface area contributed by atoms with Gasteiger partial charge in [0.25, 0.3) is 0 Å². The lowest BCUT2D eigenvalue weighted by Gasteiger charge is -2.36. The van der Waals surface area contributed by atoms with Crippen LogP contribution in [0.4, 0.5) is 18.3 Å². The average molecular weight is 348 g/mol. The van der Waals surface area contributed by atoms with Crippen LogP contribution in [0.5, 0.6) is 0 Å². The molecular weight excluding hydrogens is 333 g/mol. The normalized spacial score (nSPS) is 23.9. The van der Waals surface area contributed by atoms with Crippen LogP contribution in [0.25, 0.3) is 0 Å². The van der Waals surface area contributed by atoms with Gasteiger partial charge in [0.15, 0.2) is 5.13 Å².